The van der Waals surface area contributed by atoms with Gasteiger partial charge in [0, 0.05) is 53.8 Å². The van der Waals surface area contributed by atoms with Gasteiger partial charge in [0.1, 0.15) is 16.7 Å². The SMILES string of the molecule is O=C(c1ccc2n[nH]nc2c1)N1C[C@@H]2C3CN(C(=O)c4ccc(-c5ccc(Cl)cc5)cn4)CC3(O)[C@@H]2C1. The minimum absolute atomic E-state index is 0.0460. The van der Waals surface area contributed by atoms with E-state index in [9.17, 15) is 14.7 Å². The molecule has 2 unspecified atom stereocenters. The lowest BCUT2D eigenvalue weighted by molar-refractivity contribution is -0.145. The molecule has 186 valence electrons. The van der Waals surface area contributed by atoms with E-state index in [4.69, 9.17) is 11.6 Å². The van der Waals surface area contributed by atoms with Gasteiger partial charge in [0.15, 0.2) is 0 Å². The van der Waals surface area contributed by atoms with Crippen molar-refractivity contribution in [2.24, 2.45) is 17.8 Å². The molecule has 7 rings (SSSR count). The highest BCUT2D eigenvalue weighted by Gasteiger charge is 2.68. The first-order valence-corrected chi connectivity index (χ1v) is 12.6. The van der Waals surface area contributed by atoms with E-state index < -0.39 is 5.60 Å². The quantitative estimate of drug-likeness (QED) is 0.434. The molecule has 4 heterocycles. The summed E-state index contributed by atoms with van der Waals surface area (Å²) >= 11 is 5.97. The summed E-state index contributed by atoms with van der Waals surface area (Å²) in [5.41, 5.74) is 3.16. The summed E-state index contributed by atoms with van der Waals surface area (Å²) in [6, 6.07) is 16.3. The van der Waals surface area contributed by atoms with Crippen LogP contribution in [-0.4, -0.2) is 78.9 Å². The Balaban J connectivity index is 1.03. The van der Waals surface area contributed by atoms with Crippen molar-refractivity contribution in [3.05, 3.63) is 77.1 Å². The number of aliphatic hydroxyl groups is 1. The van der Waals surface area contributed by atoms with Crippen molar-refractivity contribution >= 4 is 34.4 Å². The third-order valence-electron chi connectivity index (χ3n) is 8.33. The van der Waals surface area contributed by atoms with Crippen molar-refractivity contribution < 1.29 is 14.7 Å². The molecular weight excluding hydrogens is 492 g/mol. The highest BCUT2D eigenvalue weighted by Crippen LogP contribution is 2.57. The van der Waals surface area contributed by atoms with Gasteiger partial charge in [-0.25, -0.2) is 0 Å². The number of hydrogen-bond donors (Lipinski definition) is 2. The van der Waals surface area contributed by atoms with Crippen molar-refractivity contribution in [2.75, 3.05) is 26.2 Å². The van der Waals surface area contributed by atoms with Gasteiger partial charge in [-0.3, -0.25) is 14.6 Å². The number of nitrogens with zero attached hydrogens (tertiary/aromatic N) is 5. The lowest BCUT2D eigenvalue weighted by Gasteiger charge is -2.50. The number of nitrogens with one attached hydrogen (secondary N) is 1. The molecule has 0 spiro atoms. The zero-order chi connectivity index (χ0) is 25.3. The fourth-order valence-electron chi connectivity index (χ4n) is 6.40. The van der Waals surface area contributed by atoms with Gasteiger partial charge < -0.3 is 14.9 Å². The molecule has 9 nitrogen and oxygen atoms in total. The highest BCUT2D eigenvalue weighted by molar-refractivity contribution is 6.30. The van der Waals surface area contributed by atoms with Gasteiger partial charge in [0.25, 0.3) is 11.8 Å². The Labute approximate surface area is 217 Å². The highest BCUT2D eigenvalue weighted by atomic mass is 35.5. The molecule has 2 amide bonds. The van der Waals surface area contributed by atoms with Crippen molar-refractivity contribution in [3.8, 4) is 11.1 Å². The molecule has 2 aromatic heterocycles. The van der Waals surface area contributed by atoms with Crippen LogP contribution in [0.5, 0.6) is 0 Å². The number of pyridine rings is 1. The summed E-state index contributed by atoms with van der Waals surface area (Å²) < 4.78 is 0. The zero-order valence-electron chi connectivity index (χ0n) is 19.7. The summed E-state index contributed by atoms with van der Waals surface area (Å²) in [7, 11) is 0. The van der Waals surface area contributed by atoms with Crippen molar-refractivity contribution in [1.29, 1.82) is 0 Å². The maximum absolute atomic E-state index is 13.2. The third-order valence-corrected chi connectivity index (χ3v) is 8.58. The first-order chi connectivity index (χ1) is 17.9. The number of benzene rings is 2. The second-order valence-corrected chi connectivity index (χ2v) is 10.7. The summed E-state index contributed by atoms with van der Waals surface area (Å²) in [6.07, 6.45) is 1.69. The molecule has 0 bridgehead atoms. The van der Waals surface area contributed by atoms with Gasteiger partial charge >= 0.3 is 0 Å². The van der Waals surface area contributed by atoms with Crippen LogP contribution in [0.15, 0.2) is 60.8 Å². The molecular formula is C27H23ClN6O3. The molecule has 1 saturated carbocycles. The van der Waals surface area contributed by atoms with Crippen molar-refractivity contribution in [3.63, 3.8) is 0 Å². The zero-order valence-corrected chi connectivity index (χ0v) is 20.5. The number of likely N-dealkylation sites (tertiary alicyclic amines) is 2. The van der Waals surface area contributed by atoms with E-state index in [-0.39, 0.29) is 36.1 Å². The fourth-order valence-corrected chi connectivity index (χ4v) is 6.53. The number of hydrogen-bond acceptors (Lipinski definition) is 6. The second kappa shape index (κ2) is 8.09. The smallest absolute Gasteiger partial charge is 0.272 e. The van der Waals surface area contributed by atoms with E-state index in [1.165, 1.54) is 0 Å². The van der Waals surface area contributed by atoms with Crippen molar-refractivity contribution in [1.82, 2.24) is 30.2 Å². The van der Waals surface area contributed by atoms with Crippen molar-refractivity contribution in [2.45, 2.75) is 5.60 Å². The van der Waals surface area contributed by atoms with Crippen LogP contribution in [0, 0.1) is 17.8 Å². The van der Waals surface area contributed by atoms with Gasteiger partial charge in [0.2, 0.25) is 0 Å². The molecule has 2 saturated heterocycles. The standard InChI is InChI=1S/C27H23ClN6O3/c28-18-5-1-15(2-6-18)17-4-8-23(29-10-17)26(36)34-13-21-19-11-33(12-20(19)27(21,37)14-34)25(35)16-3-7-22-24(9-16)31-32-30-22/h1-10,19-21,37H,11-14H2,(H,30,31,32)/t19-,20+,21?,27?/m0/s1. The molecule has 10 heteroatoms. The van der Waals surface area contributed by atoms with Gasteiger partial charge in [-0.1, -0.05) is 29.8 Å². The summed E-state index contributed by atoms with van der Waals surface area (Å²) in [5.74, 6) is -0.181. The largest absolute Gasteiger partial charge is 0.387 e. The number of halogens is 1. The number of aromatic amines is 1. The maximum atomic E-state index is 13.2. The number of amides is 2. The minimum Gasteiger partial charge on any atom is -0.387 e. The summed E-state index contributed by atoms with van der Waals surface area (Å²) in [4.78, 5) is 34.3. The van der Waals surface area contributed by atoms with Gasteiger partial charge in [-0.15, -0.1) is 0 Å². The number of H-pyrrole nitrogens is 1. The fraction of sp³-hybridized carbons (Fsp3) is 0.296. The van der Waals surface area contributed by atoms with E-state index in [0.717, 1.165) is 11.1 Å². The number of β-amino-alcohol motifs (C(OH)–C–C–N with tert-alkyl or cyclic N) is 1. The van der Waals surface area contributed by atoms with Crippen LogP contribution in [0.25, 0.3) is 22.2 Å². The Kier molecular flexibility index (Phi) is 4.90. The Hall–Kier alpha value is -3.82. The maximum Gasteiger partial charge on any atom is 0.272 e. The Morgan fingerprint density at radius 3 is 2.38 bits per heavy atom. The molecule has 2 aromatic carbocycles. The number of carbonyl (C=O) groups is 2. The average Bonchev–Trinajstić information content (AvgIpc) is 3.63. The number of aromatic nitrogens is 4. The van der Waals surface area contributed by atoms with E-state index in [1.54, 1.807) is 35.4 Å². The van der Waals surface area contributed by atoms with E-state index >= 15 is 0 Å². The molecule has 4 aromatic rings. The molecule has 37 heavy (non-hydrogen) atoms. The van der Waals surface area contributed by atoms with E-state index in [2.05, 4.69) is 20.4 Å². The number of rotatable bonds is 3. The normalized spacial score (nSPS) is 26.2. The Morgan fingerprint density at radius 1 is 0.892 bits per heavy atom. The van der Waals surface area contributed by atoms with Crippen LogP contribution in [0.4, 0.5) is 0 Å². The summed E-state index contributed by atoms with van der Waals surface area (Å²) in [5, 5.41) is 22.8. The number of carbonyl (C=O) groups excluding carboxylic acids is 2. The molecule has 2 N–H and O–H groups in total. The second-order valence-electron chi connectivity index (χ2n) is 10.2. The predicted octanol–water partition coefficient (Wildman–Crippen LogP) is 2.88. The Bertz CT molecular complexity index is 1540. The number of fused-ring (bicyclic) bond motifs is 5. The average molecular weight is 515 g/mol. The minimum atomic E-state index is -0.978. The van der Waals surface area contributed by atoms with E-state index in [0.29, 0.717) is 46.9 Å². The van der Waals surface area contributed by atoms with Crippen LogP contribution < -0.4 is 0 Å². The van der Waals surface area contributed by atoms with Crippen LogP contribution in [0.3, 0.4) is 0 Å². The first-order valence-electron chi connectivity index (χ1n) is 12.2. The Morgan fingerprint density at radius 2 is 1.62 bits per heavy atom. The lowest BCUT2D eigenvalue weighted by atomic mass is 9.56. The monoisotopic (exact) mass is 514 g/mol. The topological polar surface area (TPSA) is 115 Å². The molecule has 3 aliphatic rings. The molecule has 2 aliphatic heterocycles. The van der Waals surface area contributed by atoms with Gasteiger partial charge in [-0.2, -0.15) is 15.4 Å². The van der Waals surface area contributed by atoms with E-state index in [1.807, 2.05) is 35.2 Å². The lowest BCUT2D eigenvalue weighted by Crippen LogP contribution is -2.61. The summed E-state index contributed by atoms with van der Waals surface area (Å²) in [6.45, 7) is 1.77. The van der Waals surface area contributed by atoms with Gasteiger partial charge in [0.05, 0.1) is 12.1 Å². The van der Waals surface area contributed by atoms with Crippen LogP contribution >= 0.6 is 11.6 Å². The predicted molar refractivity (Wildman–Crippen MR) is 136 cm³/mol. The van der Waals surface area contributed by atoms with Crippen LogP contribution in [0.1, 0.15) is 20.8 Å². The third kappa shape index (κ3) is 3.45. The van der Waals surface area contributed by atoms with Crippen LogP contribution in [0.2, 0.25) is 5.02 Å². The molecule has 4 atom stereocenters. The first kappa shape index (κ1) is 22.4. The molecule has 3 fully saturated rings. The molecule has 0 radical (unpaired) electrons. The molecule has 1 aliphatic carbocycles. The van der Waals surface area contributed by atoms with Gasteiger partial charge in [-0.05, 0) is 47.9 Å². The van der Waals surface area contributed by atoms with Crippen LogP contribution in [-0.2, 0) is 0 Å².